The van der Waals surface area contributed by atoms with Crippen molar-refractivity contribution in [3.05, 3.63) is 6.42 Å². The highest BCUT2D eigenvalue weighted by atomic mass is 16.2. The van der Waals surface area contributed by atoms with Gasteiger partial charge in [-0.05, 0) is 19.3 Å². The van der Waals surface area contributed by atoms with Gasteiger partial charge >= 0.3 is 0 Å². The Morgan fingerprint density at radius 1 is 1.07 bits per heavy atom. The second-order valence-corrected chi connectivity index (χ2v) is 4.94. The minimum absolute atomic E-state index is 0.297. The largest absolute Gasteiger partial charge is 0.348 e. The predicted octanol–water partition coefficient (Wildman–Crippen LogP) is 2.83. The standard InChI is InChI=1S/C13H21NO/c15-13-11-9-7-5-3-1-2-4-6-8-10-12(11)14-13/h8,11-12H,1-7,9-10H2/p+1/t11?,12-/m1/s1. The van der Waals surface area contributed by atoms with E-state index in [0.717, 1.165) is 12.8 Å². The number of hydrogen-bond donors (Lipinski definition) is 1. The van der Waals surface area contributed by atoms with Gasteiger partial charge in [-0.25, -0.2) is 0 Å². The second kappa shape index (κ2) is 5.43. The Bertz CT molecular complexity index is 215. The first-order valence-corrected chi connectivity index (χ1v) is 6.50. The number of carbonyl (C=O) groups excluding carboxylic acids is 1. The summed E-state index contributed by atoms with van der Waals surface area (Å²) < 4.78 is 0. The summed E-state index contributed by atoms with van der Waals surface area (Å²) in [5, 5.41) is 3.03. The van der Waals surface area contributed by atoms with Crippen molar-refractivity contribution >= 4 is 5.91 Å². The Balaban J connectivity index is 1.78. The summed E-state index contributed by atoms with van der Waals surface area (Å²) in [4.78, 5) is 11.4. The highest BCUT2D eigenvalue weighted by Crippen LogP contribution is 2.26. The van der Waals surface area contributed by atoms with E-state index in [1.807, 2.05) is 0 Å². The molecule has 2 atom stereocenters. The minimum atomic E-state index is 0.297. The van der Waals surface area contributed by atoms with Gasteiger partial charge < -0.3 is 5.32 Å². The smallest absolute Gasteiger partial charge is 0.225 e. The summed E-state index contributed by atoms with van der Waals surface area (Å²) in [6.07, 6.45) is 13.8. The summed E-state index contributed by atoms with van der Waals surface area (Å²) in [5.41, 5.74) is 0. The summed E-state index contributed by atoms with van der Waals surface area (Å²) in [7, 11) is 0. The van der Waals surface area contributed by atoms with Gasteiger partial charge in [0.1, 0.15) is 6.42 Å². The van der Waals surface area contributed by atoms with Crippen LogP contribution < -0.4 is 5.32 Å². The summed E-state index contributed by atoms with van der Waals surface area (Å²) in [5.74, 6) is 0.631. The van der Waals surface area contributed by atoms with Gasteiger partial charge in [0.15, 0.2) is 0 Å². The summed E-state index contributed by atoms with van der Waals surface area (Å²) >= 11 is 0. The van der Waals surface area contributed by atoms with Gasteiger partial charge in [-0.2, -0.15) is 0 Å². The van der Waals surface area contributed by atoms with Crippen LogP contribution >= 0.6 is 0 Å². The Labute approximate surface area is 92.8 Å². The first-order chi connectivity index (χ1) is 7.38. The molecule has 2 heteroatoms. The first kappa shape index (κ1) is 10.8. The van der Waals surface area contributed by atoms with E-state index in [2.05, 4.69) is 11.7 Å². The number of hydrogen-bond acceptors (Lipinski definition) is 1. The third kappa shape index (κ3) is 2.90. The van der Waals surface area contributed by atoms with Crippen LogP contribution in [0.25, 0.3) is 0 Å². The first-order valence-electron chi connectivity index (χ1n) is 6.50. The maximum absolute atomic E-state index is 11.4. The molecule has 0 aromatic carbocycles. The molecule has 0 aromatic heterocycles. The fourth-order valence-electron chi connectivity index (χ4n) is 2.69. The molecule has 1 N–H and O–H groups in total. The fourth-order valence-corrected chi connectivity index (χ4v) is 2.69. The number of amides is 1. The predicted molar refractivity (Wildman–Crippen MR) is 61.3 cm³/mol. The van der Waals surface area contributed by atoms with Crippen molar-refractivity contribution in [1.29, 1.82) is 0 Å². The van der Waals surface area contributed by atoms with Gasteiger partial charge in [0.05, 0.1) is 24.8 Å². The fraction of sp³-hybridized carbons (Fsp3) is 0.846. The van der Waals surface area contributed by atoms with E-state index in [0.29, 0.717) is 17.9 Å². The summed E-state index contributed by atoms with van der Waals surface area (Å²) in [6, 6.07) is 0.469. The molecule has 1 aliphatic carbocycles. The third-order valence-electron chi connectivity index (χ3n) is 3.74. The monoisotopic (exact) mass is 208 g/mol. The van der Waals surface area contributed by atoms with Gasteiger partial charge in [0, 0.05) is 0 Å². The molecular weight excluding hydrogens is 186 g/mol. The lowest BCUT2D eigenvalue weighted by Crippen LogP contribution is -2.57. The maximum Gasteiger partial charge on any atom is 0.225 e. The molecule has 0 spiro atoms. The van der Waals surface area contributed by atoms with E-state index in [-0.39, 0.29) is 0 Å². The molecule has 2 nitrogen and oxygen atoms in total. The molecular formula is C13H22NO+. The van der Waals surface area contributed by atoms with Crippen molar-refractivity contribution < 1.29 is 4.79 Å². The molecule has 2 fully saturated rings. The highest BCUT2D eigenvalue weighted by molar-refractivity contribution is 5.85. The lowest BCUT2D eigenvalue weighted by atomic mass is 9.82. The molecule has 2 rings (SSSR count). The SMILES string of the molecule is O=C1N[C@@H]2C[CH+]CCCCCCCCC12. The van der Waals surface area contributed by atoms with Crippen LogP contribution in [-0.4, -0.2) is 11.9 Å². The molecule has 2 aliphatic rings. The molecule has 1 saturated carbocycles. The van der Waals surface area contributed by atoms with Crippen LogP contribution in [0, 0.1) is 12.3 Å². The Morgan fingerprint density at radius 3 is 2.60 bits per heavy atom. The van der Waals surface area contributed by atoms with Crippen LogP contribution in [0.4, 0.5) is 0 Å². The number of nitrogens with one attached hydrogen (secondary N) is 1. The highest BCUT2D eigenvalue weighted by Gasteiger charge is 2.40. The van der Waals surface area contributed by atoms with E-state index < -0.39 is 0 Å². The molecule has 0 radical (unpaired) electrons. The normalized spacial score (nSPS) is 33.5. The quantitative estimate of drug-likeness (QED) is 0.481. The lowest BCUT2D eigenvalue weighted by Gasteiger charge is -2.34. The zero-order valence-electron chi connectivity index (χ0n) is 9.50. The van der Waals surface area contributed by atoms with Gasteiger partial charge in [0.2, 0.25) is 5.91 Å². The van der Waals surface area contributed by atoms with E-state index in [1.165, 1.54) is 44.9 Å². The van der Waals surface area contributed by atoms with Crippen molar-refractivity contribution in [2.75, 3.05) is 0 Å². The van der Waals surface area contributed by atoms with Gasteiger partial charge in [-0.3, -0.25) is 4.79 Å². The maximum atomic E-state index is 11.4. The zero-order valence-corrected chi connectivity index (χ0v) is 9.50. The Kier molecular flexibility index (Phi) is 3.93. The molecule has 1 heterocycles. The third-order valence-corrected chi connectivity index (χ3v) is 3.74. The van der Waals surface area contributed by atoms with E-state index in [4.69, 9.17) is 0 Å². The van der Waals surface area contributed by atoms with Crippen LogP contribution in [0.3, 0.4) is 0 Å². The molecule has 0 bridgehead atoms. The topological polar surface area (TPSA) is 29.1 Å². The Hall–Kier alpha value is -0.660. The van der Waals surface area contributed by atoms with Crippen LogP contribution in [0.5, 0.6) is 0 Å². The molecule has 84 valence electrons. The van der Waals surface area contributed by atoms with Crippen molar-refractivity contribution in [1.82, 2.24) is 5.32 Å². The second-order valence-electron chi connectivity index (χ2n) is 4.94. The number of carbonyl (C=O) groups is 1. The number of rotatable bonds is 0. The summed E-state index contributed by atoms with van der Waals surface area (Å²) in [6.45, 7) is 0. The van der Waals surface area contributed by atoms with E-state index in [9.17, 15) is 4.79 Å². The van der Waals surface area contributed by atoms with Crippen LogP contribution in [0.1, 0.15) is 57.8 Å². The van der Waals surface area contributed by atoms with Gasteiger partial charge in [-0.15, -0.1) is 0 Å². The average Bonchev–Trinajstić information content (AvgIpc) is 2.22. The van der Waals surface area contributed by atoms with Crippen molar-refractivity contribution in [3.63, 3.8) is 0 Å². The van der Waals surface area contributed by atoms with E-state index in [1.54, 1.807) is 0 Å². The van der Waals surface area contributed by atoms with Crippen LogP contribution in [0.15, 0.2) is 0 Å². The van der Waals surface area contributed by atoms with Crippen molar-refractivity contribution in [3.8, 4) is 0 Å². The average molecular weight is 208 g/mol. The molecule has 1 unspecified atom stereocenters. The van der Waals surface area contributed by atoms with Crippen molar-refractivity contribution in [2.45, 2.75) is 63.8 Å². The van der Waals surface area contributed by atoms with E-state index >= 15 is 0 Å². The lowest BCUT2D eigenvalue weighted by molar-refractivity contribution is -0.135. The van der Waals surface area contributed by atoms with Gasteiger partial charge in [0.25, 0.3) is 0 Å². The Morgan fingerprint density at radius 2 is 1.80 bits per heavy atom. The van der Waals surface area contributed by atoms with Crippen molar-refractivity contribution in [2.24, 2.45) is 5.92 Å². The van der Waals surface area contributed by atoms with Crippen LogP contribution in [-0.2, 0) is 4.79 Å². The molecule has 1 amide bonds. The van der Waals surface area contributed by atoms with Crippen LogP contribution in [0.2, 0.25) is 0 Å². The molecule has 1 aliphatic heterocycles. The zero-order chi connectivity index (χ0) is 10.5. The molecule has 0 aromatic rings. The number of β-lactam (4-membered cyclic amide) rings is 1. The van der Waals surface area contributed by atoms with Gasteiger partial charge in [-0.1, -0.05) is 25.7 Å². The minimum Gasteiger partial charge on any atom is -0.348 e. The number of fused-ring (bicyclic) bond motifs is 1. The molecule has 15 heavy (non-hydrogen) atoms. The molecule has 1 saturated heterocycles.